The number of thiocarbonyl (C=S) groups is 1. The Morgan fingerprint density at radius 2 is 2.12 bits per heavy atom. The fraction of sp³-hybridized carbons (Fsp3) is 0.500. The Balaban J connectivity index is 2.51. The fourth-order valence-electron chi connectivity index (χ4n) is 2.01. The molecule has 2 rings (SSSR count). The van der Waals surface area contributed by atoms with E-state index >= 15 is 0 Å². The second-order valence-electron chi connectivity index (χ2n) is 4.49. The molecule has 1 aliphatic rings. The maximum absolute atomic E-state index is 5.79. The van der Waals surface area contributed by atoms with Crippen molar-refractivity contribution in [2.75, 3.05) is 11.9 Å². The van der Waals surface area contributed by atoms with E-state index in [2.05, 4.69) is 16.9 Å². The summed E-state index contributed by atoms with van der Waals surface area (Å²) in [6, 6.07) is 2.64. The van der Waals surface area contributed by atoms with E-state index in [1.165, 1.54) is 12.8 Å². The van der Waals surface area contributed by atoms with E-state index in [4.69, 9.17) is 18.0 Å². The van der Waals surface area contributed by atoms with E-state index < -0.39 is 0 Å². The van der Waals surface area contributed by atoms with Gasteiger partial charge in [-0.3, -0.25) is 0 Å². The predicted molar refractivity (Wildman–Crippen MR) is 71.0 cm³/mol. The van der Waals surface area contributed by atoms with Crippen molar-refractivity contribution in [1.29, 1.82) is 0 Å². The first-order valence-corrected chi connectivity index (χ1v) is 5.92. The molecule has 4 heteroatoms. The predicted octanol–water partition coefficient (Wildman–Crippen LogP) is 1.93. The summed E-state index contributed by atoms with van der Waals surface area (Å²) in [6.07, 6.45) is 2.48. The second-order valence-corrected chi connectivity index (χ2v) is 4.93. The average Bonchev–Trinajstić information content (AvgIpc) is 2.97. The lowest BCUT2D eigenvalue weighted by atomic mass is 10.1. The smallest absolute Gasteiger partial charge is 0.139 e. The van der Waals surface area contributed by atoms with Crippen molar-refractivity contribution in [2.45, 2.75) is 32.7 Å². The number of nitrogens with zero attached hydrogens (tertiary/aromatic N) is 2. The number of hydrogen-bond donors (Lipinski definition) is 1. The van der Waals surface area contributed by atoms with E-state index in [-0.39, 0.29) is 0 Å². The van der Waals surface area contributed by atoms with Gasteiger partial charge in [-0.15, -0.1) is 0 Å². The van der Waals surface area contributed by atoms with Crippen molar-refractivity contribution in [3.05, 3.63) is 22.9 Å². The van der Waals surface area contributed by atoms with Crippen LogP contribution in [0, 0.1) is 13.8 Å². The molecule has 0 radical (unpaired) electrons. The number of anilines is 1. The fourth-order valence-corrected chi connectivity index (χ4v) is 2.26. The SMILES string of the molecule is Cc1cc(C)c(C(N)=S)c(N(C)C2CC2)n1. The zero-order chi connectivity index (χ0) is 11.9. The van der Waals surface area contributed by atoms with Crippen LogP contribution in [0.1, 0.15) is 29.7 Å². The lowest BCUT2D eigenvalue weighted by molar-refractivity contribution is 0.883. The molecule has 0 aliphatic heterocycles. The Hall–Kier alpha value is -1.16. The number of aromatic nitrogens is 1. The number of aryl methyl sites for hydroxylation is 2. The molecule has 0 bridgehead atoms. The summed E-state index contributed by atoms with van der Waals surface area (Å²) in [5.41, 5.74) is 8.84. The lowest BCUT2D eigenvalue weighted by Gasteiger charge is -2.22. The Bertz CT molecular complexity index is 438. The monoisotopic (exact) mass is 235 g/mol. The van der Waals surface area contributed by atoms with E-state index in [9.17, 15) is 0 Å². The second kappa shape index (κ2) is 4.01. The third-order valence-electron chi connectivity index (χ3n) is 3.00. The standard InChI is InChI=1S/C12H17N3S/c1-7-6-8(2)14-12(10(7)11(13)16)15(3)9-4-5-9/h6,9H,4-5H2,1-3H3,(H2,13,16). The summed E-state index contributed by atoms with van der Waals surface area (Å²) in [5, 5.41) is 0. The molecule has 0 aromatic carbocycles. The van der Waals surface area contributed by atoms with E-state index in [0.717, 1.165) is 22.6 Å². The van der Waals surface area contributed by atoms with Crippen molar-refractivity contribution in [2.24, 2.45) is 5.73 Å². The van der Waals surface area contributed by atoms with Crippen LogP contribution in [0.3, 0.4) is 0 Å². The molecular weight excluding hydrogens is 218 g/mol. The van der Waals surface area contributed by atoms with Crippen LogP contribution in [-0.2, 0) is 0 Å². The molecule has 3 nitrogen and oxygen atoms in total. The average molecular weight is 235 g/mol. The first kappa shape index (κ1) is 11.3. The minimum atomic E-state index is 0.438. The Morgan fingerprint density at radius 3 is 2.62 bits per heavy atom. The van der Waals surface area contributed by atoms with Gasteiger partial charge < -0.3 is 10.6 Å². The molecule has 0 spiro atoms. The summed E-state index contributed by atoms with van der Waals surface area (Å²) < 4.78 is 0. The molecule has 0 atom stereocenters. The molecular formula is C12H17N3S. The van der Waals surface area contributed by atoms with Gasteiger partial charge in [-0.2, -0.15) is 0 Å². The quantitative estimate of drug-likeness (QED) is 0.813. The summed E-state index contributed by atoms with van der Waals surface area (Å²) in [7, 11) is 2.07. The maximum atomic E-state index is 5.79. The molecule has 0 amide bonds. The minimum Gasteiger partial charge on any atom is -0.389 e. The van der Waals surface area contributed by atoms with Crippen LogP contribution in [-0.4, -0.2) is 23.1 Å². The first-order valence-electron chi connectivity index (χ1n) is 5.51. The van der Waals surface area contributed by atoms with E-state index in [0.29, 0.717) is 11.0 Å². The van der Waals surface area contributed by atoms with Gasteiger partial charge in [-0.1, -0.05) is 12.2 Å². The molecule has 2 N–H and O–H groups in total. The van der Waals surface area contributed by atoms with Gasteiger partial charge in [-0.05, 0) is 38.3 Å². The summed E-state index contributed by atoms with van der Waals surface area (Å²) in [4.78, 5) is 7.22. The Labute approximate surface area is 102 Å². The van der Waals surface area contributed by atoms with Gasteiger partial charge in [0.2, 0.25) is 0 Å². The third kappa shape index (κ3) is 2.02. The Kier molecular flexibility index (Phi) is 2.84. The number of hydrogen-bond acceptors (Lipinski definition) is 3. The van der Waals surface area contributed by atoms with Crippen LogP contribution in [0.15, 0.2) is 6.07 Å². The molecule has 1 aromatic rings. The highest BCUT2D eigenvalue weighted by atomic mass is 32.1. The van der Waals surface area contributed by atoms with E-state index in [1.54, 1.807) is 0 Å². The van der Waals surface area contributed by atoms with Crippen molar-refractivity contribution in [1.82, 2.24) is 4.98 Å². The molecule has 86 valence electrons. The first-order chi connectivity index (χ1) is 7.50. The summed E-state index contributed by atoms with van der Waals surface area (Å²) in [6.45, 7) is 4.04. The summed E-state index contributed by atoms with van der Waals surface area (Å²) >= 11 is 5.12. The largest absolute Gasteiger partial charge is 0.389 e. The van der Waals surface area contributed by atoms with Gasteiger partial charge in [0.05, 0.1) is 5.56 Å². The molecule has 16 heavy (non-hydrogen) atoms. The summed E-state index contributed by atoms with van der Waals surface area (Å²) in [5.74, 6) is 0.938. The highest BCUT2D eigenvalue weighted by molar-refractivity contribution is 7.80. The lowest BCUT2D eigenvalue weighted by Crippen LogP contribution is -2.26. The van der Waals surface area contributed by atoms with Crippen molar-refractivity contribution >= 4 is 23.0 Å². The maximum Gasteiger partial charge on any atom is 0.139 e. The van der Waals surface area contributed by atoms with Crippen molar-refractivity contribution in [3.63, 3.8) is 0 Å². The topological polar surface area (TPSA) is 42.1 Å². The van der Waals surface area contributed by atoms with Gasteiger partial charge in [-0.25, -0.2) is 4.98 Å². The van der Waals surface area contributed by atoms with E-state index in [1.807, 2.05) is 19.9 Å². The minimum absolute atomic E-state index is 0.438. The van der Waals surface area contributed by atoms with Crippen LogP contribution in [0.4, 0.5) is 5.82 Å². The molecule has 0 unspecified atom stereocenters. The van der Waals surface area contributed by atoms with Crippen LogP contribution in [0.25, 0.3) is 0 Å². The normalized spacial score (nSPS) is 14.9. The third-order valence-corrected chi connectivity index (χ3v) is 3.20. The molecule has 1 saturated carbocycles. The molecule has 1 aromatic heterocycles. The number of pyridine rings is 1. The highest BCUT2D eigenvalue weighted by Gasteiger charge is 2.29. The van der Waals surface area contributed by atoms with Crippen LogP contribution in [0.2, 0.25) is 0 Å². The molecule has 1 heterocycles. The van der Waals surface area contributed by atoms with Crippen LogP contribution < -0.4 is 10.6 Å². The van der Waals surface area contributed by atoms with Crippen molar-refractivity contribution in [3.8, 4) is 0 Å². The van der Waals surface area contributed by atoms with Crippen LogP contribution in [0.5, 0.6) is 0 Å². The van der Waals surface area contributed by atoms with Gasteiger partial charge >= 0.3 is 0 Å². The molecule has 1 fully saturated rings. The number of nitrogens with two attached hydrogens (primary N) is 1. The Morgan fingerprint density at radius 1 is 1.50 bits per heavy atom. The molecule has 1 aliphatic carbocycles. The highest BCUT2D eigenvalue weighted by Crippen LogP contribution is 2.32. The van der Waals surface area contributed by atoms with Crippen molar-refractivity contribution < 1.29 is 0 Å². The van der Waals surface area contributed by atoms with Gasteiger partial charge in [0.15, 0.2) is 0 Å². The van der Waals surface area contributed by atoms with Crippen LogP contribution >= 0.6 is 12.2 Å². The van der Waals surface area contributed by atoms with Gasteiger partial charge in [0.1, 0.15) is 10.8 Å². The molecule has 0 saturated heterocycles. The zero-order valence-corrected chi connectivity index (χ0v) is 10.8. The zero-order valence-electron chi connectivity index (χ0n) is 9.95. The van der Waals surface area contributed by atoms with Gasteiger partial charge in [0.25, 0.3) is 0 Å². The number of rotatable bonds is 3. The van der Waals surface area contributed by atoms with Gasteiger partial charge in [0, 0.05) is 18.8 Å².